The molecule has 0 spiro atoms. The largest absolute Gasteiger partial charge is 0.319 e. The number of nitrogens with zero attached hydrogens (tertiary/aromatic N) is 1. The van der Waals surface area contributed by atoms with Crippen LogP contribution in [-0.4, -0.2) is 48.0 Å². The van der Waals surface area contributed by atoms with Crippen LogP contribution in [0, 0.1) is 0 Å². The molecule has 17 heavy (non-hydrogen) atoms. The highest BCUT2D eigenvalue weighted by Gasteiger charge is 2.31. The van der Waals surface area contributed by atoms with E-state index in [2.05, 4.69) is 49.1 Å². The molecule has 1 rings (SSSR count). The minimum atomic E-state index is -1.11. The monoisotopic (exact) mass is 270 g/mol. The summed E-state index contributed by atoms with van der Waals surface area (Å²) in [5.41, 5.74) is 4.02. The molecule has 0 aliphatic carbocycles. The molecule has 1 atom stereocenters. The maximum atomic E-state index is 3.57. The van der Waals surface area contributed by atoms with Crippen LogP contribution in [0.3, 0.4) is 0 Å². The lowest BCUT2D eigenvalue weighted by molar-refractivity contribution is 0.255. The highest BCUT2D eigenvalue weighted by atomic mass is 28.3. The average molecular weight is 271 g/mol. The third-order valence-corrected chi connectivity index (χ3v) is 7.74. The van der Waals surface area contributed by atoms with Crippen molar-refractivity contribution < 1.29 is 0 Å². The van der Waals surface area contributed by atoms with Gasteiger partial charge in [0, 0.05) is 35.2 Å². The number of hydrogen-bond donors (Lipinski definition) is 1. The fourth-order valence-corrected chi connectivity index (χ4v) is 6.23. The molecule has 1 aliphatic rings. The fourth-order valence-electron chi connectivity index (χ4n) is 2.65. The molecule has 0 saturated carbocycles. The maximum absolute atomic E-state index is 3.57. The Kier molecular flexibility index (Phi) is 6.13. The maximum Gasteiger partial charge on any atom is 0.119 e. The molecule has 100 valence electrons. The first-order chi connectivity index (χ1) is 7.91. The number of nitrogens with one attached hydrogen (secondary N) is 1. The van der Waals surface area contributed by atoms with Crippen molar-refractivity contribution in [3.8, 4) is 0 Å². The van der Waals surface area contributed by atoms with Crippen molar-refractivity contribution in [2.45, 2.75) is 52.0 Å². The predicted molar refractivity (Wildman–Crippen MR) is 84.1 cm³/mol. The summed E-state index contributed by atoms with van der Waals surface area (Å²) in [6.45, 7) is 15.6. The first-order valence-electron chi connectivity index (χ1n) is 7.02. The predicted octanol–water partition coefficient (Wildman–Crippen LogP) is 2.00. The minimum Gasteiger partial charge on any atom is -0.319 e. The van der Waals surface area contributed by atoms with Crippen LogP contribution in [0.1, 0.15) is 20.3 Å². The van der Waals surface area contributed by atoms with Crippen LogP contribution in [0.4, 0.5) is 0 Å². The third-order valence-electron chi connectivity index (χ3n) is 3.51. The van der Waals surface area contributed by atoms with Gasteiger partial charge in [-0.15, -0.1) is 5.70 Å². The lowest BCUT2D eigenvalue weighted by atomic mass is 10.2. The Bertz CT molecular complexity index is 255. The second kappa shape index (κ2) is 6.87. The van der Waals surface area contributed by atoms with Crippen LogP contribution >= 0.6 is 0 Å². The Morgan fingerprint density at radius 2 is 2.12 bits per heavy atom. The van der Waals surface area contributed by atoms with Gasteiger partial charge < -0.3 is 9.88 Å². The summed E-state index contributed by atoms with van der Waals surface area (Å²) in [4.78, 5) is 0. The fraction of sp³-hybridized carbons (Fsp3) is 0.846. The van der Waals surface area contributed by atoms with E-state index in [4.69, 9.17) is 0 Å². The van der Waals surface area contributed by atoms with Crippen molar-refractivity contribution in [2.24, 2.45) is 0 Å². The van der Waals surface area contributed by atoms with E-state index in [1.165, 1.54) is 37.7 Å². The normalized spacial score (nSPS) is 23.2. The standard InChI is InChI=1S/C13H30N2Si2/c1-12(2)11-16-9-6-13-10-14-7-8-15(13)17(3,4)5/h11,13-14H,6-10,16H2,1-5H3. The first kappa shape index (κ1) is 15.2. The van der Waals surface area contributed by atoms with Crippen LogP contribution in [0.5, 0.6) is 0 Å². The molecule has 2 nitrogen and oxygen atoms in total. The highest BCUT2D eigenvalue weighted by molar-refractivity contribution is 6.73. The first-order valence-corrected chi connectivity index (χ1v) is 12.3. The van der Waals surface area contributed by atoms with Gasteiger partial charge in [0.05, 0.1) is 0 Å². The molecular weight excluding hydrogens is 240 g/mol. The van der Waals surface area contributed by atoms with Gasteiger partial charge in [-0.3, -0.25) is 0 Å². The summed E-state index contributed by atoms with van der Waals surface area (Å²) in [6.07, 6.45) is 1.41. The van der Waals surface area contributed by atoms with Gasteiger partial charge in [-0.2, -0.15) is 0 Å². The number of rotatable bonds is 5. The van der Waals surface area contributed by atoms with Crippen molar-refractivity contribution in [3.05, 3.63) is 11.3 Å². The number of hydrogen-bond acceptors (Lipinski definition) is 2. The molecule has 0 aromatic heterocycles. The summed E-state index contributed by atoms with van der Waals surface area (Å²) in [6, 6.07) is 2.28. The van der Waals surface area contributed by atoms with Gasteiger partial charge in [0.2, 0.25) is 0 Å². The lowest BCUT2D eigenvalue weighted by Gasteiger charge is -2.44. The topological polar surface area (TPSA) is 15.3 Å². The van der Waals surface area contributed by atoms with Crippen LogP contribution < -0.4 is 5.32 Å². The van der Waals surface area contributed by atoms with E-state index in [9.17, 15) is 0 Å². The molecule has 1 fully saturated rings. The molecule has 1 unspecified atom stereocenters. The molecule has 0 bridgehead atoms. The zero-order chi connectivity index (χ0) is 12.9. The number of allylic oxidation sites excluding steroid dienone is 1. The Balaban J connectivity index is 2.41. The highest BCUT2D eigenvalue weighted by Crippen LogP contribution is 2.18. The summed E-state index contributed by atoms with van der Waals surface area (Å²) in [5.74, 6) is 0. The average Bonchev–Trinajstić information content (AvgIpc) is 2.23. The lowest BCUT2D eigenvalue weighted by Crippen LogP contribution is -2.60. The summed E-state index contributed by atoms with van der Waals surface area (Å²) < 4.78 is 2.83. The molecule has 0 aromatic rings. The molecule has 1 saturated heterocycles. The van der Waals surface area contributed by atoms with Gasteiger partial charge in [-0.25, -0.2) is 0 Å². The molecule has 0 aromatic carbocycles. The van der Waals surface area contributed by atoms with E-state index >= 15 is 0 Å². The van der Waals surface area contributed by atoms with Crippen molar-refractivity contribution in [1.82, 2.24) is 9.88 Å². The van der Waals surface area contributed by atoms with E-state index in [0.29, 0.717) is 0 Å². The third kappa shape index (κ3) is 5.51. The van der Waals surface area contributed by atoms with Gasteiger partial charge in [0.15, 0.2) is 0 Å². The van der Waals surface area contributed by atoms with Crippen LogP contribution in [-0.2, 0) is 0 Å². The van der Waals surface area contributed by atoms with E-state index in [1.54, 1.807) is 0 Å². The Hall–Kier alpha value is 0.0938. The minimum absolute atomic E-state index is 0.0513. The smallest absolute Gasteiger partial charge is 0.119 e. The molecule has 1 aliphatic heterocycles. The van der Waals surface area contributed by atoms with E-state index < -0.39 is 8.24 Å². The molecule has 0 amide bonds. The quantitative estimate of drug-likeness (QED) is 0.607. The number of piperazine rings is 1. The van der Waals surface area contributed by atoms with Gasteiger partial charge >= 0.3 is 0 Å². The van der Waals surface area contributed by atoms with Crippen molar-refractivity contribution >= 4 is 17.8 Å². The van der Waals surface area contributed by atoms with Crippen molar-refractivity contribution in [2.75, 3.05) is 19.6 Å². The summed E-state index contributed by atoms with van der Waals surface area (Å²) in [5, 5.41) is 3.57. The van der Waals surface area contributed by atoms with E-state index in [1.807, 2.05) is 0 Å². The van der Waals surface area contributed by atoms with E-state index in [0.717, 1.165) is 6.04 Å². The molecule has 0 radical (unpaired) electrons. The summed E-state index contributed by atoms with van der Waals surface area (Å²) in [7, 11) is -1.06. The summed E-state index contributed by atoms with van der Waals surface area (Å²) >= 11 is 0. The van der Waals surface area contributed by atoms with Gasteiger partial charge in [-0.1, -0.05) is 31.3 Å². The second-order valence-corrected chi connectivity index (χ2v) is 13.0. The molecular formula is C13H30N2Si2. The van der Waals surface area contributed by atoms with Gasteiger partial charge in [0.1, 0.15) is 8.24 Å². The Morgan fingerprint density at radius 1 is 1.41 bits per heavy atom. The molecule has 4 heteroatoms. The van der Waals surface area contributed by atoms with Crippen LogP contribution in [0.25, 0.3) is 0 Å². The second-order valence-electron chi connectivity index (χ2n) is 6.43. The van der Waals surface area contributed by atoms with Crippen LogP contribution in [0.2, 0.25) is 25.7 Å². The van der Waals surface area contributed by atoms with Crippen LogP contribution in [0.15, 0.2) is 11.3 Å². The van der Waals surface area contributed by atoms with Crippen molar-refractivity contribution in [3.63, 3.8) is 0 Å². The SMILES string of the molecule is CC(C)=C[SiH2]CCC1CNCCN1[Si](C)(C)C. The van der Waals surface area contributed by atoms with Gasteiger partial charge in [0.25, 0.3) is 0 Å². The van der Waals surface area contributed by atoms with Gasteiger partial charge in [-0.05, 0) is 20.3 Å². The van der Waals surface area contributed by atoms with E-state index in [-0.39, 0.29) is 9.52 Å². The zero-order valence-electron chi connectivity index (χ0n) is 12.3. The molecule has 1 heterocycles. The zero-order valence-corrected chi connectivity index (χ0v) is 14.8. The molecule has 1 N–H and O–H groups in total. The van der Waals surface area contributed by atoms with Crippen molar-refractivity contribution in [1.29, 1.82) is 0 Å². The Labute approximate surface area is 111 Å². The Morgan fingerprint density at radius 3 is 2.71 bits per heavy atom.